The van der Waals surface area contributed by atoms with Crippen molar-refractivity contribution in [1.29, 1.82) is 0 Å². The molecule has 308 valence electrons. The average molecular weight is 875 g/mol. The van der Waals surface area contributed by atoms with Crippen molar-refractivity contribution < 1.29 is 33.4 Å². The van der Waals surface area contributed by atoms with Crippen LogP contribution in [-0.2, 0) is 45.1 Å². The number of benzene rings is 6. The summed E-state index contributed by atoms with van der Waals surface area (Å²) in [6.45, 7) is 0.338. The third-order valence-corrected chi connectivity index (χ3v) is 11.7. The fourth-order valence-electron chi connectivity index (χ4n) is 7.45. The summed E-state index contributed by atoms with van der Waals surface area (Å²) < 4.78 is 17.3. The number of hydrogen-bond donors (Lipinski definition) is 2. The highest BCUT2D eigenvalue weighted by Crippen LogP contribution is 2.40. The highest BCUT2D eigenvalue weighted by Gasteiger charge is 2.39. The molecular formula is C48H38Cl3N3O7. The molecule has 0 spiro atoms. The lowest BCUT2D eigenvalue weighted by atomic mass is 9.91. The number of halogens is 3. The van der Waals surface area contributed by atoms with Crippen LogP contribution in [0.15, 0.2) is 133 Å². The van der Waals surface area contributed by atoms with E-state index in [1.165, 1.54) is 12.0 Å². The van der Waals surface area contributed by atoms with Gasteiger partial charge in [-0.2, -0.15) is 0 Å². The standard InChI is InChI=1S/C48H38Cl3N3O7/c1-59-48(58)41(22-28-7-10-30(11-8-28)31-12-16-36(49)17-13-31)53-45(55)42-24-34-23-40-43(25-35(34)26-54(42)47(57)33-5-3-2-4-6-33)61-44(46(56)52-40)32-14-18-37(19-15-32)60-27-29-9-20-38(50)39(51)21-29/h2-21,23,25,41-42,44H,22,24,26-27H2,1H3,(H,52,56)(H,53,55)/t41-,42?,44?/m0/s1. The SMILES string of the molecule is COC(=O)[C@H](Cc1ccc(-c2ccc(Cl)cc2)cc1)NC(=O)C1Cc2cc3c(cc2CN1C(=O)c1ccccc1)OC(c1ccc(OCc2ccc(Cl)c(Cl)c2)cc1)C(=O)N3. The molecule has 6 aromatic carbocycles. The number of ether oxygens (including phenoxy) is 3. The fourth-order valence-corrected chi connectivity index (χ4v) is 7.90. The number of amides is 3. The van der Waals surface area contributed by atoms with Crippen LogP contribution >= 0.6 is 34.8 Å². The minimum Gasteiger partial charge on any atom is -0.489 e. The first-order valence-electron chi connectivity index (χ1n) is 19.4. The quantitative estimate of drug-likeness (QED) is 0.124. The molecule has 2 N–H and O–H groups in total. The van der Waals surface area contributed by atoms with Gasteiger partial charge >= 0.3 is 5.97 Å². The van der Waals surface area contributed by atoms with Gasteiger partial charge in [-0.25, -0.2) is 4.79 Å². The number of carbonyl (C=O) groups is 4. The molecule has 0 fully saturated rings. The van der Waals surface area contributed by atoms with Crippen LogP contribution in [0, 0.1) is 0 Å². The summed E-state index contributed by atoms with van der Waals surface area (Å²) in [6.07, 6.45) is -0.690. The van der Waals surface area contributed by atoms with Gasteiger partial charge in [0.1, 0.15) is 30.2 Å². The minimum atomic E-state index is -1.04. The van der Waals surface area contributed by atoms with E-state index in [-0.39, 0.29) is 37.8 Å². The van der Waals surface area contributed by atoms with E-state index in [9.17, 15) is 19.2 Å². The van der Waals surface area contributed by atoms with Crippen molar-refractivity contribution in [3.05, 3.63) is 182 Å². The largest absolute Gasteiger partial charge is 0.489 e. The number of methoxy groups -OCH3 is 1. The molecule has 2 unspecified atom stereocenters. The first-order chi connectivity index (χ1) is 29.5. The zero-order valence-electron chi connectivity index (χ0n) is 32.7. The van der Waals surface area contributed by atoms with Crippen LogP contribution in [0.25, 0.3) is 11.1 Å². The Labute approximate surface area is 367 Å². The molecule has 0 bridgehead atoms. The predicted molar refractivity (Wildman–Crippen MR) is 234 cm³/mol. The maximum absolute atomic E-state index is 14.3. The van der Waals surface area contributed by atoms with E-state index in [0.29, 0.717) is 43.4 Å². The molecule has 2 heterocycles. The molecule has 0 aromatic heterocycles. The van der Waals surface area contributed by atoms with Crippen molar-refractivity contribution in [3.8, 4) is 22.6 Å². The van der Waals surface area contributed by atoms with Crippen LogP contribution in [0.4, 0.5) is 5.69 Å². The monoisotopic (exact) mass is 873 g/mol. The molecule has 10 nitrogen and oxygen atoms in total. The van der Waals surface area contributed by atoms with Gasteiger partial charge in [0.2, 0.25) is 12.0 Å². The highest BCUT2D eigenvalue weighted by atomic mass is 35.5. The summed E-state index contributed by atoms with van der Waals surface area (Å²) in [6, 6.07) is 37.7. The third-order valence-electron chi connectivity index (χ3n) is 10.7. The predicted octanol–water partition coefficient (Wildman–Crippen LogP) is 9.43. The smallest absolute Gasteiger partial charge is 0.328 e. The number of hydrogen-bond acceptors (Lipinski definition) is 7. The lowest BCUT2D eigenvalue weighted by Crippen LogP contribution is -2.56. The number of rotatable bonds is 11. The second kappa shape index (κ2) is 18.1. The summed E-state index contributed by atoms with van der Waals surface area (Å²) >= 11 is 18.2. The minimum absolute atomic E-state index is 0.0658. The Morgan fingerprint density at radius 3 is 2.18 bits per heavy atom. The van der Waals surface area contributed by atoms with E-state index in [4.69, 9.17) is 49.0 Å². The third kappa shape index (κ3) is 9.37. The molecule has 8 rings (SSSR count). The van der Waals surface area contributed by atoms with Crippen molar-refractivity contribution in [2.24, 2.45) is 0 Å². The molecule has 0 saturated heterocycles. The Kier molecular flexibility index (Phi) is 12.3. The molecule has 3 amide bonds. The Bertz CT molecular complexity index is 2610. The molecule has 13 heteroatoms. The maximum atomic E-state index is 14.3. The lowest BCUT2D eigenvalue weighted by Gasteiger charge is -2.38. The van der Waals surface area contributed by atoms with Gasteiger partial charge in [-0.15, -0.1) is 0 Å². The number of fused-ring (bicyclic) bond motifs is 2. The molecule has 6 aromatic rings. The Morgan fingerprint density at radius 2 is 1.49 bits per heavy atom. The van der Waals surface area contributed by atoms with Crippen LogP contribution < -0.4 is 20.1 Å². The number of esters is 1. The topological polar surface area (TPSA) is 123 Å². The Morgan fingerprint density at radius 1 is 0.803 bits per heavy atom. The summed E-state index contributed by atoms with van der Waals surface area (Å²) in [5.41, 5.74) is 6.54. The Hall–Kier alpha value is -6.33. The van der Waals surface area contributed by atoms with Crippen LogP contribution in [-0.4, -0.2) is 47.8 Å². The summed E-state index contributed by atoms with van der Waals surface area (Å²) in [7, 11) is 1.27. The molecule has 0 saturated carbocycles. The van der Waals surface area contributed by atoms with Gasteiger partial charge in [-0.1, -0.05) is 108 Å². The molecule has 61 heavy (non-hydrogen) atoms. The zero-order chi connectivity index (χ0) is 42.6. The maximum Gasteiger partial charge on any atom is 0.328 e. The normalized spacial score (nSPS) is 15.9. The second-order valence-corrected chi connectivity index (χ2v) is 16.0. The first-order valence-corrected chi connectivity index (χ1v) is 20.6. The molecular weight excluding hydrogens is 837 g/mol. The summed E-state index contributed by atoms with van der Waals surface area (Å²) in [4.78, 5) is 56.6. The fraction of sp³-hybridized carbons (Fsp3) is 0.167. The van der Waals surface area contributed by atoms with Gasteiger partial charge in [0.05, 0.1) is 22.8 Å². The van der Waals surface area contributed by atoms with Crippen molar-refractivity contribution in [3.63, 3.8) is 0 Å². The van der Waals surface area contributed by atoms with Crippen LogP contribution in [0.5, 0.6) is 11.5 Å². The van der Waals surface area contributed by atoms with Gasteiger partial charge in [0.15, 0.2) is 0 Å². The van der Waals surface area contributed by atoms with E-state index in [1.807, 2.05) is 60.7 Å². The number of carbonyl (C=O) groups excluding carboxylic acids is 4. The molecule has 2 aliphatic heterocycles. The van der Waals surface area contributed by atoms with Crippen LogP contribution in [0.3, 0.4) is 0 Å². The molecule has 3 atom stereocenters. The van der Waals surface area contributed by atoms with E-state index in [2.05, 4.69) is 10.6 Å². The van der Waals surface area contributed by atoms with E-state index in [0.717, 1.165) is 33.4 Å². The van der Waals surface area contributed by atoms with Gasteiger partial charge in [-0.05, 0) is 94.0 Å². The van der Waals surface area contributed by atoms with Crippen molar-refractivity contribution in [2.45, 2.75) is 44.2 Å². The molecule has 0 radical (unpaired) electrons. The van der Waals surface area contributed by atoms with Crippen molar-refractivity contribution in [1.82, 2.24) is 10.2 Å². The van der Waals surface area contributed by atoms with Crippen molar-refractivity contribution >= 4 is 64.2 Å². The van der Waals surface area contributed by atoms with E-state index < -0.39 is 30.1 Å². The second-order valence-electron chi connectivity index (χ2n) is 14.7. The van der Waals surface area contributed by atoms with Crippen LogP contribution in [0.2, 0.25) is 15.1 Å². The van der Waals surface area contributed by atoms with Gasteiger partial charge in [0, 0.05) is 35.5 Å². The average Bonchev–Trinajstić information content (AvgIpc) is 3.28. The summed E-state index contributed by atoms with van der Waals surface area (Å²) in [5, 5.41) is 7.39. The molecule has 2 aliphatic rings. The number of anilines is 1. The number of nitrogens with zero attached hydrogens (tertiary/aromatic N) is 1. The lowest BCUT2D eigenvalue weighted by molar-refractivity contribution is -0.145. The van der Waals surface area contributed by atoms with Crippen molar-refractivity contribution in [2.75, 3.05) is 12.4 Å². The zero-order valence-corrected chi connectivity index (χ0v) is 35.0. The van der Waals surface area contributed by atoms with Gasteiger partial charge in [-0.3, -0.25) is 14.4 Å². The van der Waals surface area contributed by atoms with Gasteiger partial charge in [0.25, 0.3) is 11.8 Å². The number of nitrogens with one attached hydrogen (secondary N) is 2. The Balaban J connectivity index is 1.00. The molecule has 0 aliphatic carbocycles. The summed E-state index contributed by atoms with van der Waals surface area (Å²) in [5.74, 6) is -0.864. The van der Waals surface area contributed by atoms with E-state index >= 15 is 0 Å². The highest BCUT2D eigenvalue weighted by molar-refractivity contribution is 6.42. The van der Waals surface area contributed by atoms with E-state index in [1.54, 1.807) is 72.8 Å². The van der Waals surface area contributed by atoms with Crippen LogP contribution in [0.1, 0.15) is 44.3 Å². The first kappa shape index (κ1) is 41.4. The van der Waals surface area contributed by atoms with Gasteiger partial charge < -0.3 is 29.7 Å².